The molecule has 2 rings (SSSR count). The van der Waals surface area contributed by atoms with E-state index in [1.165, 1.54) is 0 Å². The van der Waals surface area contributed by atoms with Gasteiger partial charge < -0.3 is 30.3 Å². The van der Waals surface area contributed by atoms with E-state index < -0.39 is 36.5 Å². The van der Waals surface area contributed by atoms with E-state index in [4.69, 9.17) is 9.84 Å². The first kappa shape index (κ1) is 43.1. The Kier molecular flexibility index (Phi) is 22.0. The molecule has 5 N–H and O–H groups in total. The molecule has 9 nitrogen and oxygen atoms in total. The van der Waals surface area contributed by atoms with Gasteiger partial charge in [0.25, 0.3) is 0 Å². The van der Waals surface area contributed by atoms with Gasteiger partial charge in [-0.1, -0.05) is 115 Å². The second-order valence-corrected chi connectivity index (χ2v) is 14.7. The number of aliphatic carboxylic acids is 1. The molecule has 0 spiro atoms. The summed E-state index contributed by atoms with van der Waals surface area (Å²) in [7, 11) is 0. The molecule has 9 atom stereocenters. The molecule has 2 aliphatic rings. The smallest absolute Gasteiger partial charge is 0.306 e. The molecule has 0 aliphatic heterocycles. The van der Waals surface area contributed by atoms with Crippen molar-refractivity contribution in [3.05, 3.63) is 24.3 Å². The molecular formula is C40H68O9. The van der Waals surface area contributed by atoms with E-state index in [1.807, 2.05) is 12.2 Å². The lowest BCUT2D eigenvalue weighted by molar-refractivity contribution is -0.151. The van der Waals surface area contributed by atoms with Crippen molar-refractivity contribution >= 4 is 17.7 Å². The molecule has 0 aromatic rings. The van der Waals surface area contributed by atoms with Gasteiger partial charge in [0.2, 0.25) is 0 Å². The third-order valence-corrected chi connectivity index (χ3v) is 10.5. The molecule has 0 aromatic heterocycles. The number of hydrogen-bond donors (Lipinski definition) is 5. The number of carboxylic acid groups (broad SMARTS) is 1. The fourth-order valence-corrected chi connectivity index (χ4v) is 7.62. The summed E-state index contributed by atoms with van der Waals surface area (Å²) >= 11 is 0. The molecule has 49 heavy (non-hydrogen) atoms. The highest BCUT2D eigenvalue weighted by Gasteiger charge is 2.43. The van der Waals surface area contributed by atoms with Crippen molar-refractivity contribution in [2.24, 2.45) is 23.7 Å². The van der Waals surface area contributed by atoms with Gasteiger partial charge in [0.15, 0.2) is 0 Å². The lowest BCUT2D eigenvalue weighted by Crippen LogP contribution is -2.25. The Bertz CT molecular complexity index is 994. The van der Waals surface area contributed by atoms with Crippen LogP contribution in [0.25, 0.3) is 0 Å². The Morgan fingerprint density at radius 2 is 1.29 bits per heavy atom. The number of ether oxygens (including phenoxy) is 1. The van der Waals surface area contributed by atoms with Crippen molar-refractivity contribution in [3.63, 3.8) is 0 Å². The molecule has 0 radical (unpaired) electrons. The molecule has 2 fully saturated rings. The number of Topliss-reactive ketones (excluding diaryl/α,β-unsaturated/α-hetero) is 1. The summed E-state index contributed by atoms with van der Waals surface area (Å²) in [4.78, 5) is 36.3. The minimum Gasteiger partial charge on any atom is -0.481 e. The van der Waals surface area contributed by atoms with Crippen LogP contribution in [0.3, 0.4) is 0 Å². The monoisotopic (exact) mass is 692 g/mol. The van der Waals surface area contributed by atoms with E-state index in [-0.39, 0.29) is 54.7 Å². The van der Waals surface area contributed by atoms with Gasteiger partial charge >= 0.3 is 11.9 Å². The minimum atomic E-state index is -0.788. The van der Waals surface area contributed by atoms with Gasteiger partial charge in [-0.05, 0) is 38.5 Å². The van der Waals surface area contributed by atoms with Crippen LogP contribution in [0.15, 0.2) is 24.3 Å². The third kappa shape index (κ3) is 17.1. The highest BCUT2D eigenvalue weighted by molar-refractivity contribution is 5.84. The molecule has 0 heterocycles. The number of unbranched alkanes of at least 4 members (excludes halogenated alkanes) is 10. The fraction of sp³-hybridized carbons (Fsp3) is 0.825. The van der Waals surface area contributed by atoms with Crippen LogP contribution in [0.1, 0.15) is 155 Å². The van der Waals surface area contributed by atoms with E-state index in [2.05, 4.69) is 13.8 Å². The van der Waals surface area contributed by atoms with Crippen LogP contribution in [0.5, 0.6) is 0 Å². The van der Waals surface area contributed by atoms with E-state index in [0.29, 0.717) is 38.5 Å². The molecule has 0 unspecified atom stereocenters. The van der Waals surface area contributed by atoms with Gasteiger partial charge in [0, 0.05) is 49.4 Å². The van der Waals surface area contributed by atoms with Crippen molar-refractivity contribution in [1.29, 1.82) is 0 Å². The van der Waals surface area contributed by atoms with Gasteiger partial charge in [-0.25, -0.2) is 0 Å². The number of carbonyl (C=O) groups excluding carboxylic acids is 2. The Morgan fingerprint density at radius 1 is 0.735 bits per heavy atom. The van der Waals surface area contributed by atoms with Crippen molar-refractivity contribution in [1.82, 2.24) is 0 Å². The maximum Gasteiger partial charge on any atom is 0.306 e. The summed E-state index contributed by atoms with van der Waals surface area (Å²) in [6.07, 6.45) is 20.7. The first-order valence-corrected chi connectivity index (χ1v) is 19.6. The zero-order valence-electron chi connectivity index (χ0n) is 30.4. The molecule has 9 heteroatoms. The van der Waals surface area contributed by atoms with Crippen LogP contribution < -0.4 is 0 Å². The number of carbonyl (C=O) groups is 3. The average Bonchev–Trinajstić information content (AvgIpc) is 3.50. The number of aliphatic hydroxyl groups excluding tert-OH is 4. The van der Waals surface area contributed by atoms with Gasteiger partial charge in [0.1, 0.15) is 11.9 Å². The zero-order chi connectivity index (χ0) is 36.0. The second-order valence-electron chi connectivity index (χ2n) is 14.7. The second kappa shape index (κ2) is 25.0. The molecule has 282 valence electrons. The Labute approximate surface area is 295 Å². The standard InChI is InChI=1S/C40H68O9/c1-3-5-11-17-29(41)23-25-32-31(35(43)27-36(32)44)19-13-8-10-16-22-40(48)49-38-28-37(45)33(26-24-30(42)18-12-6-4-2)34(38)20-14-7-9-15-21-39(46)47/h23-26,29-34,36-38,41-42,44-45H,3-22,27-28H2,1-2H3,(H,46,47)/b25-23+,26-24+/t29-,30-,31+,32+,33+,34+,36+,37+,38-/m0/s1. The number of carboxylic acids is 1. The molecule has 0 bridgehead atoms. The van der Waals surface area contributed by atoms with Crippen molar-refractivity contribution in [2.45, 2.75) is 186 Å². The SMILES string of the molecule is CCCCC[C@H](O)/C=C/[C@@H]1[C@@H](CCCCCCC(=O)O)[C@@H](OC(=O)CCCCCC[C@H]2C(=O)C[C@@H](O)[C@@H]2/C=C/[C@@H](O)CCCCC)C[C@H]1O. The van der Waals surface area contributed by atoms with Gasteiger partial charge in [-0.3, -0.25) is 14.4 Å². The zero-order valence-corrected chi connectivity index (χ0v) is 30.4. The molecular weight excluding hydrogens is 624 g/mol. The highest BCUT2D eigenvalue weighted by atomic mass is 16.5. The largest absolute Gasteiger partial charge is 0.481 e. The summed E-state index contributed by atoms with van der Waals surface area (Å²) in [5.41, 5.74) is 0. The van der Waals surface area contributed by atoms with Gasteiger partial charge in [0.05, 0.1) is 24.4 Å². The van der Waals surface area contributed by atoms with Crippen LogP contribution in [0, 0.1) is 23.7 Å². The molecule has 2 aliphatic carbocycles. The maximum atomic E-state index is 12.9. The van der Waals surface area contributed by atoms with Crippen molar-refractivity contribution in [2.75, 3.05) is 0 Å². The van der Waals surface area contributed by atoms with Crippen LogP contribution in [0.4, 0.5) is 0 Å². The van der Waals surface area contributed by atoms with Crippen molar-refractivity contribution < 1.29 is 44.7 Å². The Morgan fingerprint density at radius 3 is 1.88 bits per heavy atom. The minimum absolute atomic E-state index is 0.0590. The fourth-order valence-electron chi connectivity index (χ4n) is 7.62. The van der Waals surface area contributed by atoms with E-state index in [0.717, 1.165) is 83.5 Å². The summed E-state index contributed by atoms with van der Waals surface area (Å²) in [5, 5.41) is 51.0. The Balaban J connectivity index is 1.81. The topological polar surface area (TPSA) is 162 Å². The number of hydrogen-bond acceptors (Lipinski definition) is 8. The highest BCUT2D eigenvalue weighted by Crippen LogP contribution is 2.40. The molecule has 0 amide bonds. The number of ketones is 1. The summed E-state index contributed by atoms with van der Waals surface area (Å²) in [6, 6.07) is 0. The van der Waals surface area contributed by atoms with Gasteiger partial charge in [-0.15, -0.1) is 0 Å². The predicted octanol–water partition coefficient (Wildman–Crippen LogP) is 7.22. The predicted molar refractivity (Wildman–Crippen MR) is 192 cm³/mol. The first-order chi connectivity index (χ1) is 23.6. The average molecular weight is 693 g/mol. The number of esters is 1. The van der Waals surface area contributed by atoms with E-state index in [9.17, 15) is 34.8 Å². The summed E-state index contributed by atoms with van der Waals surface area (Å²) in [6.45, 7) is 4.24. The molecule has 2 saturated carbocycles. The summed E-state index contributed by atoms with van der Waals surface area (Å²) in [5.74, 6) is -1.74. The Hall–Kier alpha value is -2.07. The van der Waals surface area contributed by atoms with E-state index in [1.54, 1.807) is 12.2 Å². The molecule has 0 saturated heterocycles. The van der Waals surface area contributed by atoms with Crippen LogP contribution in [-0.4, -0.2) is 73.8 Å². The van der Waals surface area contributed by atoms with Crippen molar-refractivity contribution in [3.8, 4) is 0 Å². The van der Waals surface area contributed by atoms with Crippen LogP contribution in [0.2, 0.25) is 0 Å². The maximum absolute atomic E-state index is 12.9. The van der Waals surface area contributed by atoms with Crippen LogP contribution in [-0.2, 0) is 19.1 Å². The quantitative estimate of drug-likeness (QED) is 0.0340. The third-order valence-electron chi connectivity index (χ3n) is 10.5. The number of rotatable bonds is 27. The first-order valence-electron chi connectivity index (χ1n) is 19.6. The normalized spacial score (nSPS) is 27.0. The molecule has 0 aromatic carbocycles. The van der Waals surface area contributed by atoms with Crippen LogP contribution >= 0.6 is 0 Å². The lowest BCUT2D eigenvalue weighted by atomic mass is 9.87. The van der Waals surface area contributed by atoms with Gasteiger partial charge in [-0.2, -0.15) is 0 Å². The summed E-state index contributed by atoms with van der Waals surface area (Å²) < 4.78 is 5.95. The lowest BCUT2D eigenvalue weighted by Gasteiger charge is -2.24. The van der Waals surface area contributed by atoms with E-state index >= 15 is 0 Å². The number of aliphatic hydroxyl groups is 4.